The average Bonchev–Trinajstić information content (AvgIpc) is 3.07. The van der Waals surface area contributed by atoms with E-state index in [-0.39, 0.29) is 35.5 Å². The molecule has 5 rings (SSSR count). The molecule has 0 saturated heterocycles. The molecule has 1 aliphatic rings. The van der Waals surface area contributed by atoms with E-state index in [9.17, 15) is 26.8 Å². The molecule has 0 heterocycles. The predicted octanol–water partition coefficient (Wildman–Crippen LogP) is 6.56. The van der Waals surface area contributed by atoms with Crippen LogP contribution < -0.4 is 9.62 Å². The number of aryl methyl sites for hydroxylation is 1. The molecule has 4 aromatic carbocycles. The monoisotopic (exact) mass is 659 g/mol. The SMILES string of the molecule is Cc1ccc(S(=O)(=O)N(CC(=O)N(Cc2ccc(F)cc2)C(Cc2ccccc2)C(=O)NC2CCCCC2)c2ccc(F)cc2)cc1. The summed E-state index contributed by atoms with van der Waals surface area (Å²) in [5.74, 6) is -2.00. The largest absolute Gasteiger partial charge is 0.352 e. The van der Waals surface area contributed by atoms with E-state index in [4.69, 9.17) is 0 Å². The lowest BCUT2D eigenvalue weighted by Crippen LogP contribution is -2.55. The van der Waals surface area contributed by atoms with Crippen LogP contribution in [0.1, 0.15) is 48.8 Å². The second-order valence-electron chi connectivity index (χ2n) is 12.0. The van der Waals surface area contributed by atoms with Crippen molar-refractivity contribution in [2.45, 2.75) is 69.0 Å². The Balaban J connectivity index is 1.55. The fourth-order valence-electron chi connectivity index (χ4n) is 5.86. The van der Waals surface area contributed by atoms with Crippen molar-refractivity contribution < 1.29 is 26.8 Å². The number of amides is 2. The zero-order chi connectivity index (χ0) is 33.4. The Bertz CT molecular complexity index is 1740. The van der Waals surface area contributed by atoms with Crippen molar-refractivity contribution in [1.82, 2.24) is 10.2 Å². The maximum atomic E-state index is 14.5. The number of rotatable bonds is 12. The van der Waals surface area contributed by atoms with Crippen molar-refractivity contribution in [2.24, 2.45) is 0 Å². The average molecular weight is 660 g/mol. The first-order valence-corrected chi connectivity index (χ1v) is 17.3. The van der Waals surface area contributed by atoms with Crippen molar-refractivity contribution >= 4 is 27.5 Å². The first-order valence-electron chi connectivity index (χ1n) is 15.8. The highest BCUT2D eigenvalue weighted by Gasteiger charge is 2.35. The first-order chi connectivity index (χ1) is 22.6. The number of hydrogen-bond acceptors (Lipinski definition) is 4. The molecule has 0 aliphatic heterocycles. The third kappa shape index (κ3) is 8.83. The quantitative estimate of drug-likeness (QED) is 0.187. The van der Waals surface area contributed by atoms with Gasteiger partial charge in [0, 0.05) is 19.0 Å². The Morgan fingerprint density at radius 3 is 2.00 bits per heavy atom. The van der Waals surface area contributed by atoms with E-state index >= 15 is 0 Å². The zero-order valence-electron chi connectivity index (χ0n) is 26.3. The van der Waals surface area contributed by atoms with Crippen LogP contribution >= 0.6 is 0 Å². The molecule has 1 N–H and O–H groups in total. The maximum Gasteiger partial charge on any atom is 0.264 e. The van der Waals surface area contributed by atoms with E-state index in [0.29, 0.717) is 5.56 Å². The van der Waals surface area contributed by atoms with Gasteiger partial charge in [-0.25, -0.2) is 17.2 Å². The van der Waals surface area contributed by atoms with Gasteiger partial charge in [-0.2, -0.15) is 0 Å². The molecule has 0 bridgehead atoms. The third-order valence-corrected chi connectivity index (χ3v) is 10.3. The fraction of sp³-hybridized carbons (Fsp3) is 0.297. The summed E-state index contributed by atoms with van der Waals surface area (Å²) in [5.41, 5.74) is 2.33. The van der Waals surface area contributed by atoms with Crippen LogP contribution in [0.5, 0.6) is 0 Å². The van der Waals surface area contributed by atoms with Gasteiger partial charge in [0.05, 0.1) is 10.6 Å². The van der Waals surface area contributed by atoms with Crippen LogP contribution in [0, 0.1) is 18.6 Å². The van der Waals surface area contributed by atoms with Crippen LogP contribution in [-0.4, -0.2) is 43.8 Å². The topological polar surface area (TPSA) is 86.8 Å². The Kier molecular flexibility index (Phi) is 11.0. The van der Waals surface area contributed by atoms with Crippen molar-refractivity contribution in [3.05, 3.63) is 131 Å². The molecule has 47 heavy (non-hydrogen) atoms. The van der Waals surface area contributed by atoms with Gasteiger partial charge in [0.25, 0.3) is 10.0 Å². The minimum Gasteiger partial charge on any atom is -0.352 e. The number of nitrogens with zero attached hydrogens (tertiary/aromatic N) is 2. The molecule has 1 atom stereocenters. The number of carbonyl (C=O) groups excluding carboxylic acids is 2. The zero-order valence-corrected chi connectivity index (χ0v) is 27.1. The Labute approximate surface area is 275 Å². The molecule has 0 radical (unpaired) electrons. The molecule has 10 heteroatoms. The second kappa shape index (κ2) is 15.3. The summed E-state index contributed by atoms with van der Waals surface area (Å²) in [5, 5.41) is 3.16. The molecule has 1 unspecified atom stereocenters. The number of halogens is 2. The number of carbonyl (C=O) groups is 2. The number of hydrogen-bond donors (Lipinski definition) is 1. The highest BCUT2D eigenvalue weighted by Crippen LogP contribution is 2.26. The number of anilines is 1. The molecule has 4 aromatic rings. The van der Waals surface area contributed by atoms with Gasteiger partial charge in [0.15, 0.2) is 0 Å². The van der Waals surface area contributed by atoms with Gasteiger partial charge in [-0.15, -0.1) is 0 Å². The van der Waals surface area contributed by atoms with Gasteiger partial charge in [-0.1, -0.05) is 79.4 Å². The van der Waals surface area contributed by atoms with Crippen LogP contribution in [0.15, 0.2) is 108 Å². The van der Waals surface area contributed by atoms with Crippen LogP contribution in [0.4, 0.5) is 14.5 Å². The summed E-state index contributed by atoms with van der Waals surface area (Å²) in [7, 11) is -4.31. The molecule has 2 amide bonds. The first kappa shape index (κ1) is 33.8. The highest BCUT2D eigenvalue weighted by molar-refractivity contribution is 7.92. The van der Waals surface area contributed by atoms with Crippen molar-refractivity contribution in [2.75, 3.05) is 10.8 Å². The van der Waals surface area contributed by atoms with Crippen LogP contribution in [0.3, 0.4) is 0 Å². The van der Waals surface area contributed by atoms with Gasteiger partial charge in [-0.05, 0) is 79.4 Å². The molecule has 0 aromatic heterocycles. The molecule has 1 saturated carbocycles. The van der Waals surface area contributed by atoms with E-state index in [1.165, 1.54) is 53.4 Å². The van der Waals surface area contributed by atoms with Crippen molar-refractivity contribution in [3.63, 3.8) is 0 Å². The second-order valence-corrected chi connectivity index (χ2v) is 13.9. The van der Waals surface area contributed by atoms with E-state index in [0.717, 1.165) is 59.7 Å². The molecule has 7 nitrogen and oxygen atoms in total. The minimum atomic E-state index is -4.31. The van der Waals surface area contributed by atoms with E-state index in [1.807, 2.05) is 37.3 Å². The lowest BCUT2D eigenvalue weighted by Gasteiger charge is -2.35. The van der Waals surface area contributed by atoms with Gasteiger partial charge in [-0.3, -0.25) is 13.9 Å². The van der Waals surface area contributed by atoms with Crippen molar-refractivity contribution in [1.29, 1.82) is 0 Å². The standard InChI is InChI=1S/C37H39F2N3O4S/c1-27-12-22-34(23-13-27)47(45,46)42(33-20-18-31(39)19-21-33)26-36(43)41(25-29-14-16-30(38)17-15-29)35(24-28-8-4-2-5-9-28)37(44)40-32-10-6-3-7-11-32/h2,4-5,8-9,12-23,32,35H,3,6-7,10-11,24-26H2,1H3,(H,40,44). The molecule has 1 fully saturated rings. The molecule has 246 valence electrons. The van der Waals surface area contributed by atoms with Gasteiger partial charge in [0.1, 0.15) is 24.2 Å². The van der Waals surface area contributed by atoms with Gasteiger partial charge in [0.2, 0.25) is 11.8 Å². The molecular weight excluding hydrogens is 620 g/mol. The summed E-state index contributed by atoms with van der Waals surface area (Å²) >= 11 is 0. The Hall–Kier alpha value is -4.57. The van der Waals surface area contributed by atoms with E-state index in [1.54, 1.807) is 12.1 Å². The Morgan fingerprint density at radius 1 is 0.787 bits per heavy atom. The lowest BCUT2D eigenvalue weighted by molar-refractivity contribution is -0.140. The minimum absolute atomic E-state index is 0.0325. The van der Waals surface area contributed by atoms with Gasteiger partial charge < -0.3 is 10.2 Å². The summed E-state index contributed by atoms with van der Waals surface area (Å²) in [6, 6.07) is 25.0. The summed E-state index contributed by atoms with van der Waals surface area (Å²) in [4.78, 5) is 30.0. The summed E-state index contributed by atoms with van der Waals surface area (Å²) < 4.78 is 56.9. The van der Waals surface area contributed by atoms with Crippen LogP contribution in [0.2, 0.25) is 0 Å². The Morgan fingerprint density at radius 2 is 1.38 bits per heavy atom. The van der Waals surface area contributed by atoms with E-state index < -0.39 is 40.2 Å². The third-order valence-electron chi connectivity index (χ3n) is 8.49. The fourth-order valence-corrected chi connectivity index (χ4v) is 7.27. The maximum absolute atomic E-state index is 14.5. The molecule has 0 spiro atoms. The van der Waals surface area contributed by atoms with Crippen molar-refractivity contribution in [3.8, 4) is 0 Å². The summed E-state index contributed by atoms with van der Waals surface area (Å²) in [6.45, 7) is 1.10. The lowest BCUT2D eigenvalue weighted by atomic mass is 9.94. The number of benzene rings is 4. The number of sulfonamides is 1. The smallest absolute Gasteiger partial charge is 0.264 e. The van der Waals surface area contributed by atoms with Gasteiger partial charge >= 0.3 is 0 Å². The predicted molar refractivity (Wildman–Crippen MR) is 178 cm³/mol. The number of nitrogens with one attached hydrogen (secondary N) is 1. The van der Waals surface area contributed by atoms with Crippen LogP contribution in [-0.2, 0) is 32.6 Å². The molecule has 1 aliphatic carbocycles. The van der Waals surface area contributed by atoms with Crippen LogP contribution in [0.25, 0.3) is 0 Å². The van der Waals surface area contributed by atoms with E-state index in [2.05, 4.69) is 5.32 Å². The highest BCUT2D eigenvalue weighted by atomic mass is 32.2. The normalized spacial score (nSPS) is 14.3. The summed E-state index contributed by atoms with van der Waals surface area (Å²) in [6.07, 6.45) is 4.94. The molecular formula is C37H39F2N3O4S.